The van der Waals surface area contributed by atoms with Crippen LogP contribution in [0.15, 0.2) is 12.1 Å². The van der Waals surface area contributed by atoms with E-state index < -0.39 is 5.97 Å². The zero-order valence-electron chi connectivity index (χ0n) is 8.73. The Bertz CT molecular complexity index is 403. The average molecular weight is 207 g/mol. The molecule has 4 nitrogen and oxygen atoms in total. The van der Waals surface area contributed by atoms with Crippen LogP contribution in [0.2, 0.25) is 0 Å². The second-order valence-electron chi connectivity index (χ2n) is 3.87. The monoisotopic (exact) mass is 207 g/mol. The highest BCUT2D eigenvalue weighted by Crippen LogP contribution is 2.48. The lowest BCUT2D eigenvalue weighted by atomic mass is 10.1. The summed E-state index contributed by atoms with van der Waals surface area (Å²) in [5.74, 6) is -0.246. The summed E-state index contributed by atoms with van der Waals surface area (Å²) in [6.07, 6.45) is 0.724. The minimum absolute atomic E-state index is 0.137. The summed E-state index contributed by atoms with van der Waals surface area (Å²) in [6.45, 7) is 1.88. The topological polar surface area (TPSA) is 59.4 Å². The van der Waals surface area contributed by atoms with Gasteiger partial charge in [0.15, 0.2) is 0 Å². The van der Waals surface area contributed by atoms with Crippen LogP contribution in [0, 0.1) is 12.8 Å². The normalized spacial score (nSPS) is 23.6. The Labute approximate surface area is 87.9 Å². The molecule has 0 aromatic carbocycles. The van der Waals surface area contributed by atoms with Gasteiger partial charge in [0, 0.05) is 11.8 Å². The van der Waals surface area contributed by atoms with Gasteiger partial charge < -0.3 is 9.84 Å². The van der Waals surface area contributed by atoms with Crippen molar-refractivity contribution in [2.75, 3.05) is 7.11 Å². The number of carboxylic acid groups (broad SMARTS) is 1. The van der Waals surface area contributed by atoms with Crippen molar-refractivity contribution in [1.29, 1.82) is 0 Å². The molecular formula is C11H13NO3. The van der Waals surface area contributed by atoms with E-state index in [0.717, 1.165) is 17.7 Å². The maximum atomic E-state index is 10.7. The number of methoxy groups -OCH3 is 1. The molecule has 15 heavy (non-hydrogen) atoms. The standard InChI is InChI=1S/C11H13NO3/c1-6-3-7(4-10(12-6)15-2)8-5-9(8)11(13)14/h3-4,8-9H,5H2,1-2H3,(H,13,14)/t8-,9+/m0/s1. The predicted octanol–water partition coefficient (Wildman–Crippen LogP) is 1.59. The van der Waals surface area contributed by atoms with Crippen molar-refractivity contribution >= 4 is 5.97 Å². The molecule has 1 aliphatic carbocycles. The van der Waals surface area contributed by atoms with E-state index in [1.165, 1.54) is 0 Å². The van der Waals surface area contributed by atoms with Crippen molar-refractivity contribution < 1.29 is 14.6 Å². The smallest absolute Gasteiger partial charge is 0.307 e. The second-order valence-corrected chi connectivity index (χ2v) is 3.87. The van der Waals surface area contributed by atoms with Crippen LogP contribution in [0.5, 0.6) is 5.88 Å². The maximum absolute atomic E-state index is 10.7. The van der Waals surface area contributed by atoms with Gasteiger partial charge in [-0.25, -0.2) is 4.98 Å². The first-order chi connectivity index (χ1) is 7.11. The average Bonchev–Trinajstić information content (AvgIpc) is 2.96. The number of carboxylic acids is 1. The highest BCUT2D eigenvalue weighted by Gasteiger charge is 2.44. The van der Waals surface area contributed by atoms with Crippen LogP contribution in [-0.2, 0) is 4.79 Å². The molecule has 1 aromatic heterocycles. The van der Waals surface area contributed by atoms with Crippen LogP contribution in [0.25, 0.3) is 0 Å². The Balaban J connectivity index is 2.23. The van der Waals surface area contributed by atoms with Gasteiger partial charge in [0.1, 0.15) is 0 Å². The second kappa shape index (κ2) is 3.53. The molecule has 1 saturated carbocycles. The minimum atomic E-state index is -0.714. The summed E-state index contributed by atoms with van der Waals surface area (Å²) < 4.78 is 5.05. The first kappa shape index (κ1) is 9.96. The van der Waals surface area contributed by atoms with E-state index in [1.54, 1.807) is 7.11 Å². The van der Waals surface area contributed by atoms with E-state index in [-0.39, 0.29) is 11.8 Å². The Hall–Kier alpha value is -1.58. The fourth-order valence-corrected chi connectivity index (χ4v) is 1.82. The number of hydrogen-bond donors (Lipinski definition) is 1. The van der Waals surface area contributed by atoms with E-state index in [0.29, 0.717) is 5.88 Å². The summed E-state index contributed by atoms with van der Waals surface area (Å²) in [7, 11) is 1.56. The molecule has 2 rings (SSSR count). The third kappa shape index (κ3) is 1.93. The molecule has 0 bridgehead atoms. The molecule has 0 spiro atoms. The lowest BCUT2D eigenvalue weighted by Crippen LogP contribution is -2.00. The molecule has 1 N–H and O–H groups in total. The van der Waals surface area contributed by atoms with Crippen LogP contribution in [0.4, 0.5) is 0 Å². The largest absolute Gasteiger partial charge is 0.481 e. The molecule has 1 heterocycles. The number of rotatable bonds is 3. The number of carbonyl (C=O) groups is 1. The summed E-state index contributed by atoms with van der Waals surface area (Å²) in [5, 5.41) is 8.83. The minimum Gasteiger partial charge on any atom is -0.481 e. The zero-order chi connectivity index (χ0) is 11.0. The van der Waals surface area contributed by atoms with Gasteiger partial charge in [0.05, 0.1) is 13.0 Å². The van der Waals surface area contributed by atoms with Gasteiger partial charge in [0.2, 0.25) is 5.88 Å². The molecular weight excluding hydrogens is 194 g/mol. The van der Waals surface area contributed by atoms with E-state index in [9.17, 15) is 4.79 Å². The molecule has 0 radical (unpaired) electrons. The fraction of sp³-hybridized carbons (Fsp3) is 0.455. The number of aromatic nitrogens is 1. The first-order valence-corrected chi connectivity index (χ1v) is 4.87. The first-order valence-electron chi connectivity index (χ1n) is 4.87. The molecule has 0 aliphatic heterocycles. The number of pyridine rings is 1. The van der Waals surface area contributed by atoms with Crippen LogP contribution in [0.3, 0.4) is 0 Å². The number of hydrogen-bond acceptors (Lipinski definition) is 3. The molecule has 80 valence electrons. The molecule has 0 saturated heterocycles. The number of aliphatic carboxylic acids is 1. The SMILES string of the molecule is COc1cc([C@@H]2C[C@H]2C(=O)O)cc(C)n1. The predicted molar refractivity (Wildman–Crippen MR) is 54.0 cm³/mol. The summed E-state index contributed by atoms with van der Waals surface area (Å²) in [6, 6.07) is 3.75. The highest BCUT2D eigenvalue weighted by atomic mass is 16.5. The molecule has 1 aromatic rings. The third-order valence-corrected chi connectivity index (χ3v) is 2.70. The Morgan fingerprint density at radius 2 is 2.33 bits per heavy atom. The summed E-state index contributed by atoms with van der Waals surface area (Å²) in [4.78, 5) is 14.9. The van der Waals surface area contributed by atoms with Crippen molar-refractivity contribution in [2.24, 2.45) is 5.92 Å². The van der Waals surface area contributed by atoms with Gasteiger partial charge in [-0.1, -0.05) is 0 Å². The number of nitrogens with zero attached hydrogens (tertiary/aromatic N) is 1. The lowest BCUT2D eigenvalue weighted by molar-refractivity contribution is -0.138. The van der Waals surface area contributed by atoms with Crippen LogP contribution >= 0.6 is 0 Å². The highest BCUT2D eigenvalue weighted by molar-refractivity contribution is 5.75. The molecule has 1 aliphatic rings. The van der Waals surface area contributed by atoms with Gasteiger partial charge in [-0.3, -0.25) is 4.79 Å². The van der Waals surface area contributed by atoms with Gasteiger partial charge in [-0.05, 0) is 30.9 Å². The van der Waals surface area contributed by atoms with Crippen molar-refractivity contribution in [3.8, 4) is 5.88 Å². The molecule has 1 fully saturated rings. The Morgan fingerprint density at radius 3 is 2.87 bits per heavy atom. The van der Waals surface area contributed by atoms with E-state index in [4.69, 9.17) is 9.84 Å². The quantitative estimate of drug-likeness (QED) is 0.817. The summed E-state index contributed by atoms with van der Waals surface area (Å²) in [5.41, 5.74) is 1.88. The molecule has 0 unspecified atom stereocenters. The summed E-state index contributed by atoms with van der Waals surface area (Å²) >= 11 is 0. The zero-order valence-corrected chi connectivity index (χ0v) is 8.73. The van der Waals surface area contributed by atoms with E-state index in [2.05, 4.69) is 4.98 Å². The Morgan fingerprint density at radius 1 is 1.60 bits per heavy atom. The van der Waals surface area contributed by atoms with Gasteiger partial charge in [0.25, 0.3) is 0 Å². The Kier molecular flexibility index (Phi) is 2.34. The third-order valence-electron chi connectivity index (χ3n) is 2.70. The van der Waals surface area contributed by atoms with Crippen LogP contribution in [-0.4, -0.2) is 23.2 Å². The molecule has 2 atom stereocenters. The van der Waals surface area contributed by atoms with Gasteiger partial charge >= 0.3 is 5.97 Å². The number of ether oxygens (including phenoxy) is 1. The van der Waals surface area contributed by atoms with Crippen molar-refractivity contribution in [2.45, 2.75) is 19.3 Å². The van der Waals surface area contributed by atoms with E-state index in [1.807, 2.05) is 19.1 Å². The van der Waals surface area contributed by atoms with Crippen molar-refractivity contribution in [3.05, 3.63) is 23.4 Å². The molecule has 4 heteroatoms. The number of aryl methyl sites for hydroxylation is 1. The molecule has 0 amide bonds. The fourth-order valence-electron chi connectivity index (χ4n) is 1.82. The van der Waals surface area contributed by atoms with Gasteiger partial charge in [-0.15, -0.1) is 0 Å². The van der Waals surface area contributed by atoms with Crippen molar-refractivity contribution in [3.63, 3.8) is 0 Å². The van der Waals surface area contributed by atoms with Gasteiger partial charge in [-0.2, -0.15) is 0 Å². The maximum Gasteiger partial charge on any atom is 0.307 e. The van der Waals surface area contributed by atoms with E-state index >= 15 is 0 Å². The van der Waals surface area contributed by atoms with Crippen molar-refractivity contribution in [1.82, 2.24) is 4.98 Å². The van der Waals surface area contributed by atoms with Crippen LogP contribution < -0.4 is 4.74 Å². The lowest BCUT2D eigenvalue weighted by Gasteiger charge is -2.04. The van der Waals surface area contributed by atoms with Crippen LogP contribution in [0.1, 0.15) is 23.6 Å².